The van der Waals surface area contributed by atoms with Crippen molar-refractivity contribution < 1.29 is 18.3 Å². The fourth-order valence-corrected chi connectivity index (χ4v) is 6.18. The third kappa shape index (κ3) is 6.36. The molecule has 1 aliphatic carbocycles. The lowest BCUT2D eigenvalue weighted by Crippen LogP contribution is -2.41. The third-order valence-electron chi connectivity index (χ3n) is 6.66. The van der Waals surface area contributed by atoms with E-state index in [1.807, 2.05) is 25.1 Å². The smallest absolute Gasteiger partial charge is 0.302 e. The number of piperidine rings is 1. The number of carbonyl (C=O) groups is 1. The van der Waals surface area contributed by atoms with E-state index in [1.165, 1.54) is 30.6 Å². The van der Waals surface area contributed by atoms with E-state index < -0.39 is 5.76 Å². The number of benzene rings is 1. The summed E-state index contributed by atoms with van der Waals surface area (Å²) >= 11 is 1.59. The maximum absolute atomic E-state index is 13.3. The molecule has 196 valence electrons. The Kier molecular flexibility index (Phi) is 8.16. The van der Waals surface area contributed by atoms with Crippen molar-refractivity contribution in [3.8, 4) is 16.5 Å². The molecule has 0 spiro atoms. The Labute approximate surface area is 222 Å². The molecule has 3 aromatic rings. The van der Waals surface area contributed by atoms with Crippen LogP contribution in [0.4, 0.5) is 14.5 Å². The zero-order valence-corrected chi connectivity index (χ0v) is 21.9. The summed E-state index contributed by atoms with van der Waals surface area (Å²) in [7, 11) is 0. The molecule has 12 heteroatoms. The first kappa shape index (κ1) is 25.8. The Balaban J connectivity index is 1.34. The summed E-state index contributed by atoms with van der Waals surface area (Å²) in [4.78, 5) is 29.4. The molecule has 2 aromatic heterocycles. The van der Waals surface area contributed by atoms with E-state index in [0.29, 0.717) is 64.2 Å². The number of alkyl halides is 2. The Morgan fingerprint density at radius 3 is 2.95 bits per heavy atom. The molecule has 37 heavy (non-hydrogen) atoms. The predicted molar refractivity (Wildman–Crippen MR) is 141 cm³/mol. The quantitative estimate of drug-likeness (QED) is 0.316. The number of nitrogens with zero attached hydrogens (tertiary/aromatic N) is 4. The highest BCUT2D eigenvalue weighted by Crippen LogP contribution is 2.38. The summed E-state index contributed by atoms with van der Waals surface area (Å²) in [6.07, 6.45) is 8.40. The van der Waals surface area contributed by atoms with Crippen LogP contribution in [0.15, 0.2) is 42.9 Å². The number of aromatic nitrogens is 3. The van der Waals surface area contributed by atoms with Crippen molar-refractivity contribution in [3.05, 3.63) is 53.4 Å². The molecule has 1 saturated heterocycles. The number of amides is 1. The highest BCUT2D eigenvalue weighted by Gasteiger charge is 2.38. The predicted octanol–water partition coefficient (Wildman–Crippen LogP) is 5.24. The minimum Gasteiger partial charge on any atom is -0.477 e. The van der Waals surface area contributed by atoms with Gasteiger partial charge in [-0.05, 0) is 49.8 Å². The van der Waals surface area contributed by atoms with Crippen molar-refractivity contribution in [1.29, 1.82) is 0 Å². The van der Waals surface area contributed by atoms with Gasteiger partial charge in [-0.15, -0.1) is 11.3 Å². The SMILES string of the molecule is CCOc1cncc(-c2cnc(C(=O)NC(CN3CC4CCC3C4)c3cccc(NSC(F)F)c3)s2)n1. The molecule has 5 rings (SSSR count). The maximum Gasteiger partial charge on any atom is 0.302 e. The molecule has 3 atom stereocenters. The van der Waals surface area contributed by atoms with Gasteiger partial charge in [-0.3, -0.25) is 14.7 Å². The van der Waals surface area contributed by atoms with Crippen molar-refractivity contribution in [2.24, 2.45) is 5.92 Å². The van der Waals surface area contributed by atoms with Gasteiger partial charge in [0.25, 0.3) is 5.91 Å². The number of likely N-dealkylation sites (tertiary alicyclic amines) is 1. The second-order valence-corrected chi connectivity index (χ2v) is 11.0. The normalized spacial score (nSPS) is 19.8. The fraction of sp³-hybridized carbons (Fsp3) is 0.440. The number of nitrogens with one attached hydrogen (secondary N) is 2. The molecule has 8 nitrogen and oxygen atoms in total. The number of hydrogen-bond donors (Lipinski definition) is 2. The summed E-state index contributed by atoms with van der Waals surface area (Å²) in [6, 6.07) is 7.49. The van der Waals surface area contributed by atoms with Gasteiger partial charge < -0.3 is 14.8 Å². The second-order valence-electron chi connectivity index (χ2n) is 9.12. The van der Waals surface area contributed by atoms with E-state index in [1.54, 1.807) is 24.7 Å². The van der Waals surface area contributed by atoms with Crippen LogP contribution in [0, 0.1) is 5.92 Å². The molecule has 1 amide bonds. The lowest BCUT2D eigenvalue weighted by molar-refractivity contribution is 0.0916. The minimum absolute atomic E-state index is 0.292. The van der Waals surface area contributed by atoms with Gasteiger partial charge in [-0.2, -0.15) is 8.78 Å². The van der Waals surface area contributed by atoms with E-state index in [9.17, 15) is 13.6 Å². The van der Waals surface area contributed by atoms with Crippen molar-refractivity contribution in [2.45, 2.75) is 44.0 Å². The lowest BCUT2D eigenvalue weighted by atomic mass is 10.0. The van der Waals surface area contributed by atoms with Crippen molar-refractivity contribution in [2.75, 3.05) is 24.4 Å². The van der Waals surface area contributed by atoms with Gasteiger partial charge in [0.2, 0.25) is 5.88 Å². The average Bonchev–Trinajstić information content (AvgIpc) is 3.65. The molecule has 2 N–H and O–H groups in total. The summed E-state index contributed by atoms with van der Waals surface area (Å²) in [5, 5.41) is 3.46. The van der Waals surface area contributed by atoms with Gasteiger partial charge in [0, 0.05) is 43.0 Å². The number of hydrogen-bond acceptors (Lipinski definition) is 9. The Bertz CT molecular complexity index is 1230. The summed E-state index contributed by atoms with van der Waals surface area (Å²) < 4.78 is 33.5. The van der Waals surface area contributed by atoms with E-state index in [2.05, 4.69) is 29.9 Å². The lowest BCUT2D eigenvalue weighted by Gasteiger charge is -2.31. The third-order valence-corrected chi connectivity index (χ3v) is 8.21. The van der Waals surface area contributed by atoms with Crippen LogP contribution in [0.1, 0.15) is 47.6 Å². The van der Waals surface area contributed by atoms with Crippen LogP contribution >= 0.6 is 23.3 Å². The summed E-state index contributed by atoms with van der Waals surface area (Å²) in [5.41, 5.74) is 2.00. The topological polar surface area (TPSA) is 92.3 Å². The maximum atomic E-state index is 13.3. The van der Waals surface area contributed by atoms with Crippen molar-refractivity contribution >= 4 is 34.9 Å². The molecule has 2 bridgehead atoms. The molecule has 1 saturated carbocycles. The monoisotopic (exact) mass is 546 g/mol. The Hall–Kier alpha value is -2.83. The standard InChI is InChI=1S/C25H28F2N6O2S2/c1-2-35-22-12-28-10-19(30-22)21-11-29-24(36-21)23(34)31-20(14-33-13-15-6-7-18(33)8-15)16-4-3-5-17(9-16)32-37-25(26)27/h3-5,9-12,15,18,20,25,32H,2,6-8,13-14H2,1H3,(H,31,34). The number of thiazole rings is 1. The molecule has 1 aromatic carbocycles. The second kappa shape index (κ2) is 11.7. The van der Waals surface area contributed by atoms with Gasteiger partial charge in [-0.1, -0.05) is 12.1 Å². The van der Waals surface area contributed by atoms with Crippen LogP contribution in [-0.4, -0.2) is 57.3 Å². The van der Waals surface area contributed by atoms with Crippen LogP contribution < -0.4 is 14.8 Å². The largest absolute Gasteiger partial charge is 0.477 e. The first-order valence-electron chi connectivity index (χ1n) is 12.2. The summed E-state index contributed by atoms with van der Waals surface area (Å²) in [5.74, 6) is -1.69. The molecule has 2 fully saturated rings. The van der Waals surface area contributed by atoms with Crippen molar-refractivity contribution in [3.63, 3.8) is 0 Å². The van der Waals surface area contributed by atoms with E-state index in [4.69, 9.17) is 4.74 Å². The zero-order valence-electron chi connectivity index (χ0n) is 20.3. The van der Waals surface area contributed by atoms with Gasteiger partial charge in [0.1, 0.15) is 5.69 Å². The first-order valence-corrected chi connectivity index (χ1v) is 13.9. The molecule has 3 heterocycles. The number of fused-ring (bicyclic) bond motifs is 2. The van der Waals surface area contributed by atoms with Gasteiger partial charge in [0.05, 0.1) is 29.9 Å². The average molecular weight is 547 g/mol. The number of ether oxygens (including phenoxy) is 1. The zero-order chi connectivity index (χ0) is 25.8. The number of carbonyl (C=O) groups excluding carboxylic acids is 1. The van der Waals surface area contributed by atoms with E-state index in [-0.39, 0.29) is 11.9 Å². The summed E-state index contributed by atoms with van der Waals surface area (Å²) in [6.45, 7) is 4.02. The Morgan fingerprint density at radius 1 is 1.30 bits per heavy atom. The molecular formula is C25H28F2N6O2S2. The van der Waals surface area contributed by atoms with E-state index >= 15 is 0 Å². The number of rotatable bonds is 11. The van der Waals surface area contributed by atoms with E-state index in [0.717, 1.165) is 12.1 Å². The highest BCUT2D eigenvalue weighted by molar-refractivity contribution is 8.00. The van der Waals surface area contributed by atoms with Gasteiger partial charge in [0.15, 0.2) is 5.01 Å². The van der Waals surface area contributed by atoms with Crippen LogP contribution in [-0.2, 0) is 0 Å². The van der Waals surface area contributed by atoms with Crippen LogP contribution in [0.3, 0.4) is 0 Å². The molecule has 2 aliphatic rings. The highest BCUT2D eigenvalue weighted by atomic mass is 32.2. The van der Waals surface area contributed by atoms with Crippen LogP contribution in [0.25, 0.3) is 10.6 Å². The molecule has 1 aliphatic heterocycles. The van der Waals surface area contributed by atoms with Gasteiger partial charge >= 0.3 is 5.76 Å². The molecular weight excluding hydrogens is 518 g/mol. The van der Waals surface area contributed by atoms with Gasteiger partial charge in [-0.25, -0.2) is 9.97 Å². The fourth-order valence-electron chi connectivity index (χ4n) is 5.05. The van der Waals surface area contributed by atoms with Crippen molar-refractivity contribution in [1.82, 2.24) is 25.2 Å². The molecule has 0 radical (unpaired) electrons. The van der Waals surface area contributed by atoms with Crippen LogP contribution in [0.2, 0.25) is 0 Å². The molecule has 3 unspecified atom stereocenters. The number of anilines is 1. The first-order chi connectivity index (χ1) is 18.0. The minimum atomic E-state index is -2.53. The Morgan fingerprint density at radius 2 is 2.19 bits per heavy atom. The van der Waals surface area contributed by atoms with Crippen LogP contribution in [0.5, 0.6) is 5.88 Å². The number of halogens is 2.